The van der Waals surface area contributed by atoms with Gasteiger partial charge in [-0.1, -0.05) is 55.4 Å². The Balaban J connectivity index is 2.21. The lowest BCUT2D eigenvalue weighted by atomic mass is 10.0. The molecule has 1 atom stereocenters. The highest BCUT2D eigenvalue weighted by atomic mass is 32.2. The standard InChI is InChI=1S/C19H20N2O2S2/c1-4-13-15(12-8-6-11(3)7-9-12)16-17(24-13)20-10-21-18(16)25-14(5-2)19(22)23/h6-10,14H,4-5H2,1-3H3,(H,22,23). The van der Waals surface area contributed by atoms with Gasteiger partial charge >= 0.3 is 5.97 Å². The topological polar surface area (TPSA) is 63.1 Å². The van der Waals surface area contributed by atoms with E-state index in [9.17, 15) is 9.90 Å². The van der Waals surface area contributed by atoms with Crippen molar-refractivity contribution in [1.29, 1.82) is 0 Å². The SMILES string of the molecule is CCc1sc2ncnc(SC(CC)C(=O)O)c2c1-c1ccc(C)cc1. The smallest absolute Gasteiger partial charge is 0.317 e. The average molecular weight is 373 g/mol. The number of thiophene rings is 1. The fraction of sp³-hybridized carbons (Fsp3) is 0.316. The lowest BCUT2D eigenvalue weighted by Gasteiger charge is -2.11. The highest BCUT2D eigenvalue weighted by Gasteiger charge is 2.23. The molecule has 0 saturated carbocycles. The van der Waals surface area contributed by atoms with Crippen LogP contribution >= 0.6 is 23.1 Å². The molecule has 0 amide bonds. The summed E-state index contributed by atoms with van der Waals surface area (Å²) in [6.45, 7) is 6.09. The van der Waals surface area contributed by atoms with Crippen molar-refractivity contribution in [1.82, 2.24) is 9.97 Å². The van der Waals surface area contributed by atoms with Crippen molar-refractivity contribution in [3.63, 3.8) is 0 Å². The summed E-state index contributed by atoms with van der Waals surface area (Å²) in [6, 6.07) is 8.43. The first-order chi connectivity index (χ1) is 12.0. The van der Waals surface area contributed by atoms with Crippen LogP contribution in [0.25, 0.3) is 21.3 Å². The zero-order chi connectivity index (χ0) is 18.0. The Morgan fingerprint density at radius 3 is 2.56 bits per heavy atom. The van der Waals surface area contributed by atoms with Crippen LogP contribution in [0, 0.1) is 6.92 Å². The Morgan fingerprint density at radius 1 is 1.24 bits per heavy atom. The lowest BCUT2D eigenvalue weighted by Crippen LogP contribution is -2.15. The van der Waals surface area contributed by atoms with Crippen molar-refractivity contribution in [3.8, 4) is 11.1 Å². The zero-order valence-electron chi connectivity index (χ0n) is 14.4. The molecule has 0 radical (unpaired) electrons. The molecule has 25 heavy (non-hydrogen) atoms. The van der Waals surface area contributed by atoms with Crippen LogP contribution in [0.4, 0.5) is 0 Å². The Hall–Kier alpha value is -1.92. The van der Waals surface area contributed by atoms with E-state index in [2.05, 4.69) is 48.1 Å². The first kappa shape index (κ1) is 17.9. The van der Waals surface area contributed by atoms with E-state index in [4.69, 9.17) is 0 Å². The Labute approximate surface area is 155 Å². The number of aromatic nitrogens is 2. The van der Waals surface area contributed by atoms with Crippen LogP contribution in [0.15, 0.2) is 35.6 Å². The van der Waals surface area contributed by atoms with Gasteiger partial charge in [-0.05, 0) is 25.3 Å². The number of carboxylic acids is 1. The van der Waals surface area contributed by atoms with Crippen molar-refractivity contribution < 1.29 is 9.90 Å². The summed E-state index contributed by atoms with van der Waals surface area (Å²) in [5.74, 6) is -0.804. The third-order valence-corrected chi connectivity index (χ3v) is 6.68. The summed E-state index contributed by atoms with van der Waals surface area (Å²) in [7, 11) is 0. The summed E-state index contributed by atoms with van der Waals surface area (Å²) >= 11 is 2.99. The highest BCUT2D eigenvalue weighted by molar-refractivity contribution is 8.00. The number of carbonyl (C=O) groups is 1. The van der Waals surface area contributed by atoms with Crippen LogP contribution in [-0.2, 0) is 11.2 Å². The number of carboxylic acid groups (broad SMARTS) is 1. The molecule has 3 rings (SSSR count). The molecule has 2 heterocycles. The molecule has 6 heteroatoms. The maximum Gasteiger partial charge on any atom is 0.317 e. The first-order valence-electron chi connectivity index (χ1n) is 8.28. The number of benzene rings is 1. The minimum Gasteiger partial charge on any atom is -0.480 e. The summed E-state index contributed by atoms with van der Waals surface area (Å²) in [5.41, 5.74) is 3.49. The number of fused-ring (bicyclic) bond motifs is 1. The fourth-order valence-corrected chi connectivity index (χ4v) is 4.89. The molecule has 0 bridgehead atoms. The second kappa shape index (κ2) is 7.54. The van der Waals surface area contributed by atoms with E-state index < -0.39 is 11.2 Å². The third-order valence-electron chi connectivity index (χ3n) is 4.09. The van der Waals surface area contributed by atoms with E-state index >= 15 is 0 Å². The van der Waals surface area contributed by atoms with E-state index in [1.54, 1.807) is 11.3 Å². The molecule has 130 valence electrons. The first-order valence-corrected chi connectivity index (χ1v) is 9.97. The maximum absolute atomic E-state index is 11.5. The number of hydrogen-bond donors (Lipinski definition) is 1. The molecule has 3 aromatic rings. The molecule has 0 aliphatic rings. The molecule has 1 N–H and O–H groups in total. The number of hydrogen-bond acceptors (Lipinski definition) is 5. The fourth-order valence-electron chi connectivity index (χ4n) is 2.76. The van der Waals surface area contributed by atoms with Gasteiger partial charge in [-0.25, -0.2) is 9.97 Å². The minimum absolute atomic E-state index is 0.506. The molecule has 1 unspecified atom stereocenters. The number of rotatable bonds is 6. The van der Waals surface area contributed by atoms with E-state index in [0.717, 1.165) is 32.8 Å². The molecule has 4 nitrogen and oxygen atoms in total. The Bertz CT molecular complexity index is 904. The average Bonchev–Trinajstić information content (AvgIpc) is 2.99. The van der Waals surface area contributed by atoms with Gasteiger partial charge in [0.1, 0.15) is 21.4 Å². The second-order valence-electron chi connectivity index (χ2n) is 5.83. The largest absolute Gasteiger partial charge is 0.480 e. The van der Waals surface area contributed by atoms with Crippen LogP contribution in [0.2, 0.25) is 0 Å². The van der Waals surface area contributed by atoms with Gasteiger partial charge in [0, 0.05) is 10.4 Å². The van der Waals surface area contributed by atoms with Crippen molar-refractivity contribution in [2.75, 3.05) is 0 Å². The van der Waals surface area contributed by atoms with Crippen molar-refractivity contribution in [3.05, 3.63) is 41.0 Å². The van der Waals surface area contributed by atoms with Gasteiger partial charge in [0.25, 0.3) is 0 Å². The van der Waals surface area contributed by atoms with Crippen molar-refractivity contribution in [2.24, 2.45) is 0 Å². The van der Waals surface area contributed by atoms with Crippen LogP contribution in [0.1, 0.15) is 30.7 Å². The predicted molar refractivity (Wildman–Crippen MR) is 105 cm³/mol. The van der Waals surface area contributed by atoms with Crippen molar-refractivity contribution in [2.45, 2.75) is 43.9 Å². The van der Waals surface area contributed by atoms with Gasteiger partial charge in [-0.3, -0.25) is 4.79 Å². The van der Waals surface area contributed by atoms with Crippen LogP contribution in [0.5, 0.6) is 0 Å². The van der Waals surface area contributed by atoms with E-state index in [0.29, 0.717) is 6.42 Å². The highest BCUT2D eigenvalue weighted by Crippen LogP contribution is 2.43. The van der Waals surface area contributed by atoms with E-state index in [1.165, 1.54) is 28.5 Å². The van der Waals surface area contributed by atoms with Crippen LogP contribution in [0.3, 0.4) is 0 Å². The number of aliphatic carboxylic acids is 1. The van der Waals surface area contributed by atoms with Crippen LogP contribution < -0.4 is 0 Å². The molecule has 1 aromatic carbocycles. The van der Waals surface area contributed by atoms with E-state index in [1.807, 2.05) is 6.92 Å². The Kier molecular flexibility index (Phi) is 5.39. The zero-order valence-corrected chi connectivity index (χ0v) is 16.1. The van der Waals surface area contributed by atoms with E-state index in [-0.39, 0.29) is 0 Å². The summed E-state index contributed by atoms with van der Waals surface area (Å²) in [6.07, 6.45) is 2.99. The number of aryl methyl sites for hydroxylation is 2. The van der Waals surface area contributed by atoms with Gasteiger partial charge < -0.3 is 5.11 Å². The molecule has 0 fully saturated rings. The van der Waals surface area contributed by atoms with Gasteiger partial charge in [0.15, 0.2) is 0 Å². The molecular weight excluding hydrogens is 352 g/mol. The number of nitrogens with zero attached hydrogens (tertiary/aromatic N) is 2. The molecule has 0 spiro atoms. The maximum atomic E-state index is 11.5. The summed E-state index contributed by atoms with van der Waals surface area (Å²) in [4.78, 5) is 22.5. The normalized spacial score (nSPS) is 12.4. The van der Waals surface area contributed by atoms with Gasteiger partial charge in [-0.15, -0.1) is 11.3 Å². The molecule has 0 aliphatic heterocycles. The second-order valence-corrected chi connectivity index (χ2v) is 8.11. The molecule has 2 aromatic heterocycles. The summed E-state index contributed by atoms with van der Waals surface area (Å²) in [5, 5.41) is 10.6. The Morgan fingerprint density at radius 2 is 1.96 bits per heavy atom. The van der Waals surface area contributed by atoms with Crippen LogP contribution in [-0.4, -0.2) is 26.3 Å². The lowest BCUT2D eigenvalue weighted by molar-refractivity contribution is -0.136. The minimum atomic E-state index is -0.804. The third kappa shape index (κ3) is 3.55. The van der Waals surface area contributed by atoms with Gasteiger partial charge in [-0.2, -0.15) is 0 Å². The monoisotopic (exact) mass is 372 g/mol. The molecule has 0 aliphatic carbocycles. The quantitative estimate of drug-likeness (QED) is 0.477. The predicted octanol–water partition coefficient (Wildman–Crippen LogP) is 5.18. The summed E-state index contributed by atoms with van der Waals surface area (Å²) < 4.78 is 0. The molecular formula is C19H20N2O2S2. The van der Waals surface area contributed by atoms with Gasteiger partial charge in [0.2, 0.25) is 0 Å². The van der Waals surface area contributed by atoms with Crippen molar-refractivity contribution >= 4 is 39.3 Å². The van der Waals surface area contributed by atoms with Gasteiger partial charge in [0.05, 0.1) is 5.39 Å². The number of thioether (sulfide) groups is 1. The molecule has 0 saturated heterocycles.